The second kappa shape index (κ2) is 4.67. The number of pyridine rings is 1. The van der Waals surface area contributed by atoms with Gasteiger partial charge < -0.3 is 14.1 Å². The topological polar surface area (TPSA) is 72.4 Å². The number of aryl methyl sites for hydroxylation is 2. The van der Waals surface area contributed by atoms with E-state index in [-0.39, 0.29) is 11.3 Å². The van der Waals surface area contributed by atoms with Crippen LogP contribution in [-0.2, 0) is 19.4 Å². The Balaban J connectivity index is 2.02. The van der Waals surface area contributed by atoms with Crippen LogP contribution in [0, 0.1) is 6.92 Å². The fourth-order valence-electron chi connectivity index (χ4n) is 2.76. The minimum atomic E-state index is -1.09. The summed E-state index contributed by atoms with van der Waals surface area (Å²) in [6.45, 7) is 2.08. The van der Waals surface area contributed by atoms with E-state index >= 15 is 0 Å². The second-order valence-electron chi connectivity index (χ2n) is 5.08. The van der Waals surface area contributed by atoms with Crippen molar-refractivity contribution in [1.82, 2.24) is 4.57 Å². The van der Waals surface area contributed by atoms with Crippen LogP contribution in [0.15, 0.2) is 27.4 Å². The van der Waals surface area contributed by atoms with Crippen LogP contribution in [0.25, 0.3) is 0 Å². The van der Waals surface area contributed by atoms with E-state index in [0.717, 1.165) is 30.5 Å². The average Bonchev–Trinajstić information content (AvgIpc) is 3.00. The van der Waals surface area contributed by atoms with Crippen LogP contribution in [0.2, 0.25) is 0 Å². The van der Waals surface area contributed by atoms with Gasteiger partial charge in [-0.15, -0.1) is 0 Å². The fraction of sp³-hybridized carbons (Fsp3) is 0.333. The molecule has 2 heterocycles. The van der Waals surface area contributed by atoms with Crippen molar-refractivity contribution in [1.29, 1.82) is 0 Å². The van der Waals surface area contributed by atoms with E-state index in [1.165, 1.54) is 11.6 Å². The molecule has 1 N–H and O–H groups in total. The van der Waals surface area contributed by atoms with Gasteiger partial charge >= 0.3 is 5.97 Å². The quantitative estimate of drug-likeness (QED) is 0.928. The average molecular weight is 273 g/mol. The molecule has 0 aromatic carbocycles. The molecule has 0 bridgehead atoms. The molecule has 1 aliphatic carbocycles. The van der Waals surface area contributed by atoms with Crippen LogP contribution in [0.1, 0.15) is 39.6 Å². The van der Waals surface area contributed by atoms with Crippen LogP contribution in [-0.4, -0.2) is 15.6 Å². The predicted octanol–water partition coefficient (Wildman–Crippen LogP) is 1.98. The van der Waals surface area contributed by atoms with E-state index < -0.39 is 5.97 Å². The first-order chi connectivity index (χ1) is 9.56. The number of fused-ring (bicyclic) bond motifs is 1. The first kappa shape index (κ1) is 12.7. The molecule has 0 spiro atoms. The predicted molar refractivity (Wildman–Crippen MR) is 72.2 cm³/mol. The number of hydrogen-bond acceptors (Lipinski definition) is 3. The Hall–Kier alpha value is -2.30. The number of rotatable bonds is 3. The molecule has 2 aromatic rings. The van der Waals surface area contributed by atoms with Gasteiger partial charge in [-0.3, -0.25) is 4.79 Å². The van der Waals surface area contributed by atoms with E-state index in [2.05, 4.69) is 0 Å². The molecule has 3 rings (SSSR count). The van der Waals surface area contributed by atoms with Gasteiger partial charge in [-0.2, -0.15) is 0 Å². The maximum Gasteiger partial charge on any atom is 0.371 e. The van der Waals surface area contributed by atoms with E-state index in [0.29, 0.717) is 12.3 Å². The number of hydrogen-bond donors (Lipinski definition) is 1. The number of nitrogens with zero attached hydrogens (tertiary/aromatic N) is 1. The van der Waals surface area contributed by atoms with Crippen molar-refractivity contribution >= 4 is 5.97 Å². The molecule has 0 fully saturated rings. The molecular weight excluding hydrogens is 258 g/mol. The Labute approximate surface area is 115 Å². The van der Waals surface area contributed by atoms with Crippen molar-refractivity contribution in [3.8, 4) is 0 Å². The first-order valence-electron chi connectivity index (χ1n) is 6.60. The highest BCUT2D eigenvalue weighted by Crippen LogP contribution is 2.22. The molecule has 0 aliphatic heterocycles. The molecule has 0 saturated heterocycles. The molecule has 1 aliphatic rings. The van der Waals surface area contributed by atoms with Crippen molar-refractivity contribution in [2.45, 2.75) is 32.7 Å². The molecule has 0 atom stereocenters. The minimum Gasteiger partial charge on any atom is -0.475 e. The van der Waals surface area contributed by atoms with Crippen LogP contribution in [0.3, 0.4) is 0 Å². The summed E-state index contributed by atoms with van der Waals surface area (Å²) >= 11 is 0. The largest absolute Gasteiger partial charge is 0.475 e. The van der Waals surface area contributed by atoms with Crippen molar-refractivity contribution in [2.75, 3.05) is 0 Å². The van der Waals surface area contributed by atoms with Gasteiger partial charge in [0.25, 0.3) is 5.56 Å². The lowest BCUT2D eigenvalue weighted by molar-refractivity contribution is 0.0661. The zero-order valence-corrected chi connectivity index (χ0v) is 11.2. The maximum atomic E-state index is 12.1. The summed E-state index contributed by atoms with van der Waals surface area (Å²) in [4.78, 5) is 23.0. The molecule has 5 nitrogen and oxygen atoms in total. The number of furan rings is 1. The highest BCUT2D eigenvalue weighted by molar-refractivity contribution is 5.84. The van der Waals surface area contributed by atoms with Gasteiger partial charge in [-0.05, 0) is 37.8 Å². The summed E-state index contributed by atoms with van der Waals surface area (Å²) in [7, 11) is 0. The fourth-order valence-corrected chi connectivity index (χ4v) is 2.76. The van der Waals surface area contributed by atoms with Crippen LogP contribution >= 0.6 is 0 Å². The summed E-state index contributed by atoms with van der Waals surface area (Å²) in [5.41, 5.74) is 2.96. The van der Waals surface area contributed by atoms with Gasteiger partial charge in [0.15, 0.2) is 0 Å². The smallest absolute Gasteiger partial charge is 0.371 e. The Morgan fingerprint density at radius 2 is 2.20 bits per heavy atom. The van der Waals surface area contributed by atoms with Crippen molar-refractivity contribution in [3.63, 3.8) is 0 Å². The molecule has 0 unspecified atom stereocenters. The number of aromatic nitrogens is 1. The highest BCUT2D eigenvalue weighted by atomic mass is 16.4. The maximum absolute atomic E-state index is 12.1. The summed E-state index contributed by atoms with van der Waals surface area (Å²) in [5.74, 6) is -0.631. The number of carbonyl (C=O) groups is 1. The third-order valence-corrected chi connectivity index (χ3v) is 3.81. The molecule has 2 aromatic heterocycles. The normalized spacial score (nSPS) is 13.4. The number of aromatic carboxylic acids is 1. The van der Waals surface area contributed by atoms with Gasteiger partial charge in [-0.25, -0.2) is 4.79 Å². The van der Waals surface area contributed by atoms with Crippen molar-refractivity contribution in [2.24, 2.45) is 0 Å². The minimum absolute atomic E-state index is 0.0527. The van der Waals surface area contributed by atoms with Gasteiger partial charge in [0, 0.05) is 17.3 Å². The van der Waals surface area contributed by atoms with Gasteiger partial charge in [-0.1, -0.05) is 6.07 Å². The standard InChI is InChI=1S/C15H15NO4/c1-9-11(7-13(20-9)15(18)19)8-16-12-4-2-3-10(12)5-6-14(16)17/h5-7H,2-4,8H2,1H3,(H,18,19). The van der Waals surface area contributed by atoms with E-state index in [1.54, 1.807) is 17.6 Å². The summed E-state index contributed by atoms with van der Waals surface area (Å²) in [6.07, 6.45) is 2.96. The Morgan fingerprint density at radius 3 is 2.90 bits per heavy atom. The van der Waals surface area contributed by atoms with Crippen LogP contribution < -0.4 is 5.56 Å². The van der Waals surface area contributed by atoms with E-state index in [1.807, 2.05) is 6.07 Å². The molecule has 20 heavy (non-hydrogen) atoms. The van der Waals surface area contributed by atoms with Crippen molar-refractivity contribution in [3.05, 3.63) is 56.9 Å². The number of carboxylic acid groups (broad SMARTS) is 1. The lowest BCUT2D eigenvalue weighted by atomic mass is 10.2. The summed E-state index contributed by atoms with van der Waals surface area (Å²) < 4.78 is 6.92. The third-order valence-electron chi connectivity index (χ3n) is 3.81. The highest BCUT2D eigenvalue weighted by Gasteiger charge is 2.18. The molecule has 5 heteroatoms. The Kier molecular flexibility index (Phi) is 2.97. The molecule has 0 amide bonds. The molecule has 104 valence electrons. The van der Waals surface area contributed by atoms with Crippen molar-refractivity contribution < 1.29 is 14.3 Å². The van der Waals surface area contributed by atoms with Crippen LogP contribution in [0.5, 0.6) is 0 Å². The number of carboxylic acids is 1. The summed E-state index contributed by atoms with van der Waals surface area (Å²) in [6, 6.07) is 4.97. The van der Waals surface area contributed by atoms with Crippen LogP contribution in [0.4, 0.5) is 0 Å². The molecular formula is C15H15NO4. The Morgan fingerprint density at radius 1 is 1.40 bits per heavy atom. The SMILES string of the molecule is Cc1oc(C(=O)O)cc1Cn1c2c(ccc1=O)CCC2. The zero-order valence-electron chi connectivity index (χ0n) is 11.2. The van der Waals surface area contributed by atoms with E-state index in [4.69, 9.17) is 9.52 Å². The van der Waals surface area contributed by atoms with Gasteiger partial charge in [0.05, 0.1) is 6.54 Å². The van der Waals surface area contributed by atoms with Gasteiger partial charge in [0.1, 0.15) is 5.76 Å². The molecule has 0 radical (unpaired) electrons. The van der Waals surface area contributed by atoms with Gasteiger partial charge in [0.2, 0.25) is 5.76 Å². The summed E-state index contributed by atoms with van der Waals surface area (Å²) in [5, 5.41) is 8.94. The zero-order chi connectivity index (χ0) is 14.3. The lowest BCUT2D eigenvalue weighted by Gasteiger charge is -2.11. The lowest BCUT2D eigenvalue weighted by Crippen LogP contribution is -2.23. The first-order valence-corrected chi connectivity index (χ1v) is 6.60. The monoisotopic (exact) mass is 273 g/mol. The molecule has 0 saturated carbocycles. The second-order valence-corrected chi connectivity index (χ2v) is 5.08. The third kappa shape index (κ3) is 2.05. The van der Waals surface area contributed by atoms with E-state index in [9.17, 15) is 9.59 Å². The Bertz CT molecular complexity index is 739.